The van der Waals surface area contributed by atoms with Crippen LogP contribution in [-0.2, 0) is 0 Å². The van der Waals surface area contributed by atoms with E-state index in [1.807, 2.05) is 6.92 Å². The fourth-order valence-corrected chi connectivity index (χ4v) is 1.36. The number of carbonyl (C=O) groups is 1. The Kier molecular flexibility index (Phi) is 2.39. The molecule has 1 fully saturated rings. The van der Waals surface area contributed by atoms with Gasteiger partial charge in [0.2, 0.25) is 0 Å². The third-order valence-corrected chi connectivity index (χ3v) is 2.51. The Balaban J connectivity index is 1.84. The number of hydrogen-bond acceptors (Lipinski definition) is 2. The maximum atomic E-state index is 11.4. The van der Waals surface area contributed by atoms with E-state index >= 15 is 0 Å². The quantitative estimate of drug-likeness (QED) is 0.665. The number of rotatable bonds is 2. The normalized spacial score (nSPS) is 16.1. The molecule has 1 aromatic heterocycles. The van der Waals surface area contributed by atoms with Crippen LogP contribution < -0.4 is 10.6 Å². The Hall–Kier alpha value is -1.52. The summed E-state index contributed by atoms with van der Waals surface area (Å²) in [6.45, 7) is 1.89. The van der Waals surface area contributed by atoms with E-state index < -0.39 is 0 Å². The van der Waals surface area contributed by atoms with Gasteiger partial charge in [-0.05, 0) is 26.2 Å². The Morgan fingerprint density at radius 1 is 1.64 bits per heavy atom. The van der Waals surface area contributed by atoms with Gasteiger partial charge in [-0.2, -0.15) is 5.10 Å². The van der Waals surface area contributed by atoms with Crippen LogP contribution in [0.3, 0.4) is 0 Å². The van der Waals surface area contributed by atoms with Crippen LogP contribution >= 0.6 is 0 Å². The number of anilines is 1. The van der Waals surface area contributed by atoms with Crippen molar-refractivity contribution in [2.24, 2.45) is 0 Å². The molecule has 76 valence electrons. The summed E-state index contributed by atoms with van der Waals surface area (Å²) in [5.41, 5.74) is 0.939. The monoisotopic (exact) mass is 194 g/mol. The van der Waals surface area contributed by atoms with E-state index in [1.54, 1.807) is 6.20 Å². The Morgan fingerprint density at radius 2 is 2.43 bits per heavy atom. The summed E-state index contributed by atoms with van der Waals surface area (Å²) >= 11 is 0. The van der Waals surface area contributed by atoms with Crippen LogP contribution in [0, 0.1) is 6.92 Å². The van der Waals surface area contributed by atoms with Crippen LogP contribution in [-0.4, -0.2) is 22.3 Å². The molecule has 5 nitrogen and oxygen atoms in total. The number of aryl methyl sites for hydroxylation is 1. The van der Waals surface area contributed by atoms with Crippen LogP contribution in [0.25, 0.3) is 0 Å². The predicted octanol–water partition coefficient (Wildman–Crippen LogP) is 1.39. The van der Waals surface area contributed by atoms with Crippen molar-refractivity contribution in [2.75, 3.05) is 5.32 Å². The van der Waals surface area contributed by atoms with E-state index in [9.17, 15) is 4.79 Å². The van der Waals surface area contributed by atoms with Gasteiger partial charge in [0.1, 0.15) is 5.82 Å². The molecule has 0 aliphatic heterocycles. The van der Waals surface area contributed by atoms with Crippen molar-refractivity contribution in [3.05, 3.63) is 11.8 Å². The largest absolute Gasteiger partial charge is 0.335 e. The highest BCUT2D eigenvalue weighted by molar-refractivity contribution is 5.89. The summed E-state index contributed by atoms with van der Waals surface area (Å²) in [6.07, 6.45) is 5.08. The lowest BCUT2D eigenvalue weighted by molar-refractivity contribution is 0.240. The fourth-order valence-electron chi connectivity index (χ4n) is 1.36. The molecule has 1 heterocycles. The van der Waals surface area contributed by atoms with E-state index in [-0.39, 0.29) is 6.03 Å². The minimum Gasteiger partial charge on any atom is -0.335 e. The van der Waals surface area contributed by atoms with Gasteiger partial charge in [0, 0.05) is 11.6 Å². The van der Waals surface area contributed by atoms with Gasteiger partial charge in [-0.25, -0.2) is 4.79 Å². The van der Waals surface area contributed by atoms with Gasteiger partial charge >= 0.3 is 6.03 Å². The first kappa shape index (κ1) is 9.05. The van der Waals surface area contributed by atoms with Gasteiger partial charge in [-0.3, -0.25) is 10.4 Å². The number of nitrogens with zero attached hydrogens (tertiary/aromatic N) is 1. The maximum absolute atomic E-state index is 11.4. The van der Waals surface area contributed by atoms with Crippen molar-refractivity contribution < 1.29 is 4.79 Å². The van der Waals surface area contributed by atoms with E-state index in [1.165, 1.54) is 6.42 Å². The lowest BCUT2D eigenvalue weighted by atomic mass is 9.93. The molecule has 1 aromatic rings. The van der Waals surface area contributed by atoms with E-state index in [0.29, 0.717) is 11.9 Å². The number of hydrogen-bond donors (Lipinski definition) is 3. The Morgan fingerprint density at radius 3 is 2.93 bits per heavy atom. The van der Waals surface area contributed by atoms with Gasteiger partial charge in [0.15, 0.2) is 0 Å². The summed E-state index contributed by atoms with van der Waals surface area (Å²) < 4.78 is 0. The summed E-state index contributed by atoms with van der Waals surface area (Å²) in [5.74, 6) is 0.668. The molecular weight excluding hydrogens is 180 g/mol. The van der Waals surface area contributed by atoms with Gasteiger partial charge in [-0.1, -0.05) is 0 Å². The van der Waals surface area contributed by atoms with Crippen LogP contribution in [0.4, 0.5) is 10.6 Å². The van der Waals surface area contributed by atoms with E-state index in [2.05, 4.69) is 20.8 Å². The Bertz CT molecular complexity index is 329. The summed E-state index contributed by atoms with van der Waals surface area (Å²) in [6, 6.07) is 0.209. The molecule has 1 saturated carbocycles. The number of carbonyl (C=O) groups excluding carboxylic acids is 1. The van der Waals surface area contributed by atoms with Crippen LogP contribution in [0.1, 0.15) is 24.8 Å². The van der Waals surface area contributed by atoms with Crippen molar-refractivity contribution in [2.45, 2.75) is 32.2 Å². The molecule has 0 saturated heterocycles. The van der Waals surface area contributed by atoms with Crippen molar-refractivity contribution in [1.82, 2.24) is 15.5 Å². The SMILES string of the molecule is Cc1cn[nH]c1NC(=O)NC1CCC1. The lowest BCUT2D eigenvalue weighted by Gasteiger charge is -2.26. The highest BCUT2D eigenvalue weighted by Gasteiger charge is 2.19. The Labute approximate surface area is 82.3 Å². The summed E-state index contributed by atoms with van der Waals surface area (Å²) in [5, 5.41) is 12.1. The molecular formula is C9H14N4O. The number of aromatic amines is 1. The number of aromatic nitrogens is 2. The minimum atomic E-state index is -0.151. The molecule has 5 heteroatoms. The predicted molar refractivity (Wildman–Crippen MR) is 53.1 cm³/mol. The highest BCUT2D eigenvalue weighted by Crippen LogP contribution is 2.18. The topological polar surface area (TPSA) is 69.8 Å². The van der Waals surface area contributed by atoms with Gasteiger partial charge in [-0.15, -0.1) is 0 Å². The highest BCUT2D eigenvalue weighted by atomic mass is 16.2. The van der Waals surface area contributed by atoms with E-state index in [4.69, 9.17) is 0 Å². The van der Waals surface area contributed by atoms with Crippen LogP contribution in [0.15, 0.2) is 6.20 Å². The smallest absolute Gasteiger partial charge is 0.320 e. The number of urea groups is 1. The van der Waals surface area contributed by atoms with E-state index in [0.717, 1.165) is 18.4 Å². The average molecular weight is 194 g/mol. The second-order valence-electron chi connectivity index (χ2n) is 3.65. The second kappa shape index (κ2) is 3.69. The fraction of sp³-hybridized carbons (Fsp3) is 0.556. The molecule has 0 bridgehead atoms. The number of amides is 2. The molecule has 0 atom stereocenters. The lowest BCUT2D eigenvalue weighted by Crippen LogP contribution is -2.42. The standard InChI is InChI=1S/C9H14N4O/c1-6-5-10-13-8(6)12-9(14)11-7-3-2-4-7/h5,7H,2-4H2,1H3,(H3,10,11,12,13,14). The van der Waals surface area contributed by atoms with Crippen molar-refractivity contribution >= 4 is 11.8 Å². The second-order valence-corrected chi connectivity index (χ2v) is 3.65. The average Bonchev–Trinajstić information content (AvgIpc) is 2.45. The van der Waals surface area contributed by atoms with Crippen LogP contribution in [0.2, 0.25) is 0 Å². The van der Waals surface area contributed by atoms with Crippen molar-refractivity contribution in [1.29, 1.82) is 0 Å². The third kappa shape index (κ3) is 1.86. The van der Waals surface area contributed by atoms with Gasteiger partial charge in [0.25, 0.3) is 0 Å². The molecule has 2 amide bonds. The first-order chi connectivity index (χ1) is 6.75. The third-order valence-electron chi connectivity index (χ3n) is 2.51. The van der Waals surface area contributed by atoms with Crippen molar-refractivity contribution in [3.8, 4) is 0 Å². The summed E-state index contributed by atoms with van der Waals surface area (Å²) in [7, 11) is 0. The molecule has 0 radical (unpaired) electrons. The zero-order chi connectivity index (χ0) is 9.97. The van der Waals surface area contributed by atoms with Crippen molar-refractivity contribution in [3.63, 3.8) is 0 Å². The minimum absolute atomic E-state index is 0.151. The number of nitrogens with one attached hydrogen (secondary N) is 3. The van der Waals surface area contributed by atoms with Gasteiger partial charge < -0.3 is 5.32 Å². The zero-order valence-electron chi connectivity index (χ0n) is 8.13. The molecule has 1 aliphatic carbocycles. The van der Waals surface area contributed by atoms with Crippen LogP contribution in [0.5, 0.6) is 0 Å². The molecule has 0 spiro atoms. The molecule has 3 N–H and O–H groups in total. The molecule has 0 unspecified atom stereocenters. The molecule has 0 aromatic carbocycles. The molecule has 2 rings (SSSR count). The molecule has 1 aliphatic rings. The first-order valence-corrected chi connectivity index (χ1v) is 4.83. The molecule has 14 heavy (non-hydrogen) atoms. The zero-order valence-corrected chi connectivity index (χ0v) is 8.13. The number of H-pyrrole nitrogens is 1. The first-order valence-electron chi connectivity index (χ1n) is 4.83. The maximum Gasteiger partial charge on any atom is 0.320 e. The van der Waals surface area contributed by atoms with Gasteiger partial charge in [0.05, 0.1) is 6.20 Å². The summed E-state index contributed by atoms with van der Waals surface area (Å²) in [4.78, 5) is 11.4.